The summed E-state index contributed by atoms with van der Waals surface area (Å²) in [7, 11) is 0.441. The Morgan fingerprint density at radius 3 is 2.22 bits per heavy atom. The molecule has 0 heterocycles. The fourth-order valence-electron chi connectivity index (χ4n) is 2.11. The van der Waals surface area contributed by atoms with Crippen molar-refractivity contribution in [3.8, 4) is 0 Å². The zero-order valence-corrected chi connectivity index (χ0v) is 13.2. The van der Waals surface area contributed by atoms with Gasteiger partial charge in [-0.1, -0.05) is 43.3 Å². The van der Waals surface area contributed by atoms with Crippen molar-refractivity contribution < 1.29 is 4.53 Å². The Hall–Kier alpha value is -0.903. The number of nitrogens with zero attached hydrogens (tertiary/aromatic N) is 1. The number of rotatable bonds is 6. The molecule has 0 unspecified atom stereocenters. The van der Waals surface area contributed by atoms with Crippen LogP contribution in [0.5, 0.6) is 0 Å². The molecule has 0 aliphatic carbocycles. The van der Waals surface area contributed by atoms with Gasteiger partial charge in [-0.2, -0.15) is 5.06 Å². The van der Waals surface area contributed by atoms with Gasteiger partial charge in [-0.15, -0.1) is 6.58 Å². The first kappa shape index (κ1) is 15.2. The Balaban J connectivity index is 2.96. The number of hydrogen-bond acceptors (Lipinski definition) is 2. The van der Waals surface area contributed by atoms with Crippen molar-refractivity contribution in [1.82, 2.24) is 5.06 Å². The molecule has 0 aliphatic heterocycles. The van der Waals surface area contributed by atoms with E-state index in [4.69, 9.17) is 4.53 Å². The summed E-state index contributed by atoms with van der Waals surface area (Å²) in [5.74, 6) is 0.341. The van der Waals surface area contributed by atoms with E-state index in [9.17, 15) is 0 Å². The smallest absolute Gasteiger partial charge is 0.212 e. The minimum Gasteiger partial charge on any atom is -0.343 e. The first-order chi connectivity index (χ1) is 8.35. The van der Waals surface area contributed by atoms with Crippen LogP contribution in [0.1, 0.15) is 18.5 Å². The molecule has 1 aromatic carbocycles. The van der Waals surface area contributed by atoms with Crippen LogP contribution >= 0.6 is 0 Å². The Morgan fingerprint density at radius 2 is 1.78 bits per heavy atom. The van der Waals surface area contributed by atoms with Gasteiger partial charge in [-0.3, -0.25) is 0 Å². The first-order valence-electron chi connectivity index (χ1n) is 6.44. The number of hydrogen-bond donors (Lipinski definition) is 0. The van der Waals surface area contributed by atoms with E-state index in [0.717, 1.165) is 0 Å². The van der Waals surface area contributed by atoms with Crippen molar-refractivity contribution in [2.24, 2.45) is 5.92 Å². The molecule has 1 rings (SSSR count). The van der Waals surface area contributed by atoms with Crippen molar-refractivity contribution in [3.05, 3.63) is 48.6 Å². The van der Waals surface area contributed by atoms with Crippen LogP contribution in [0.15, 0.2) is 43.0 Å². The van der Waals surface area contributed by atoms with E-state index in [-0.39, 0.29) is 6.04 Å². The maximum absolute atomic E-state index is 6.10. The molecule has 0 saturated heterocycles. The van der Waals surface area contributed by atoms with Crippen LogP contribution in [0.25, 0.3) is 0 Å². The molecular weight excluding hydrogens is 238 g/mol. The van der Waals surface area contributed by atoms with Gasteiger partial charge >= 0.3 is 0 Å². The Morgan fingerprint density at radius 1 is 1.22 bits per heavy atom. The predicted molar refractivity (Wildman–Crippen MR) is 80.7 cm³/mol. The molecule has 18 heavy (non-hydrogen) atoms. The summed E-state index contributed by atoms with van der Waals surface area (Å²) in [6.45, 7) is 12.7. The topological polar surface area (TPSA) is 12.5 Å². The van der Waals surface area contributed by atoms with E-state index in [2.05, 4.69) is 57.4 Å². The van der Waals surface area contributed by atoms with Gasteiger partial charge in [0.05, 0.1) is 6.04 Å². The molecule has 0 fully saturated rings. The highest BCUT2D eigenvalue weighted by atomic mass is 28.4. The van der Waals surface area contributed by atoms with Crippen molar-refractivity contribution in [3.63, 3.8) is 0 Å². The standard InChI is InChI=1S/C15H25NOSi/c1-7-13(2)15(14-11-9-8-10-12-14)16(3)17-18(4,5)6/h7-13,15H,1H2,2-6H3/t13-,15-/m0/s1. The second kappa shape index (κ2) is 6.32. The second-order valence-corrected chi connectivity index (χ2v) is 10.1. The summed E-state index contributed by atoms with van der Waals surface area (Å²) in [4.78, 5) is 0. The Bertz CT molecular complexity index is 372. The molecule has 2 nitrogen and oxygen atoms in total. The third kappa shape index (κ3) is 4.41. The van der Waals surface area contributed by atoms with Gasteiger partial charge in [0.25, 0.3) is 0 Å². The molecule has 0 saturated carbocycles. The summed E-state index contributed by atoms with van der Waals surface area (Å²) in [6, 6.07) is 10.7. The first-order valence-corrected chi connectivity index (χ1v) is 9.85. The fraction of sp³-hybridized carbons (Fsp3) is 0.467. The van der Waals surface area contributed by atoms with Crippen molar-refractivity contribution >= 4 is 8.32 Å². The van der Waals surface area contributed by atoms with Crippen LogP contribution in [-0.2, 0) is 4.53 Å². The van der Waals surface area contributed by atoms with Gasteiger partial charge in [-0.25, -0.2) is 0 Å². The highest BCUT2D eigenvalue weighted by molar-refractivity contribution is 6.69. The third-order valence-corrected chi connectivity index (χ3v) is 3.66. The third-order valence-electron chi connectivity index (χ3n) is 2.82. The Labute approximate surface area is 112 Å². The molecular formula is C15H25NOSi. The molecule has 1 aromatic rings. The van der Waals surface area contributed by atoms with E-state index < -0.39 is 8.32 Å². The van der Waals surface area contributed by atoms with Gasteiger partial charge < -0.3 is 4.53 Å². The van der Waals surface area contributed by atoms with Crippen molar-refractivity contribution in [1.29, 1.82) is 0 Å². The minimum absolute atomic E-state index is 0.218. The molecule has 0 radical (unpaired) electrons. The van der Waals surface area contributed by atoms with Gasteiger partial charge in [0.15, 0.2) is 0 Å². The average molecular weight is 263 g/mol. The Kier molecular flexibility index (Phi) is 5.32. The van der Waals surface area contributed by atoms with Gasteiger partial charge in [0.1, 0.15) is 0 Å². The lowest BCUT2D eigenvalue weighted by Crippen LogP contribution is -2.39. The monoisotopic (exact) mass is 263 g/mol. The SMILES string of the molecule is C=C[C@H](C)[C@@H](c1ccccc1)N(C)O[Si](C)(C)C. The van der Waals surface area contributed by atoms with Gasteiger partial charge in [0, 0.05) is 7.05 Å². The minimum atomic E-state index is -1.58. The normalized spacial score (nSPS) is 15.4. The lowest BCUT2D eigenvalue weighted by atomic mass is 9.94. The zero-order chi connectivity index (χ0) is 13.8. The predicted octanol–water partition coefficient (Wildman–Crippen LogP) is 4.25. The van der Waals surface area contributed by atoms with Crippen LogP contribution < -0.4 is 0 Å². The lowest BCUT2D eigenvalue weighted by Gasteiger charge is -2.35. The van der Waals surface area contributed by atoms with Crippen LogP contribution in [0.4, 0.5) is 0 Å². The zero-order valence-electron chi connectivity index (χ0n) is 12.2. The lowest BCUT2D eigenvalue weighted by molar-refractivity contribution is -0.0923. The highest BCUT2D eigenvalue weighted by Gasteiger charge is 2.27. The van der Waals surface area contributed by atoms with Crippen molar-refractivity contribution in [2.75, 3.05) is 7.05 Å². The van der Waals surface area contributed by atoms with E-state index >= 15 is 0 Å². The molecule has 3 heteroatoms. The molecule has 0 spiro atoms. The van der Waals surface area contributed by atoms with Crippen LogP contribution in [-0.4, -0.2) is 20.4 Å². The number of hydroxylamine groups is 2. The van der Waals surface area contributed by atoms with E-state index in [1.54, 1.807) is 0 Å². The largest absolute Gasteiger partial charge is 0.343 e. The molecule has 0 bridgehead atoms. The average Bonchev–Trinajstić information content (AvgIpc) is 2.28. The van der Waals surface area contributed by atoms with Gasteiger partial charge in [0.2, 0.25) is 8.32 Å². The maximum Gasteiger partial charge on any atom is 0.212 e. The summed E-state index contributed by atoms with van der Waals surface area (Å²) in [6.07, 6.45) is 1.99. The maximum atomic E-state index is 6.10. The summed E-state index contributed by atoms with van der Waals surface area (Å²) in [5.41, 5.74) is 1.27. The summed E-state index contributed by atoms with van der Waals surface area (Å²) in [5, 5.41) is 2.01. The van der Waals surface area contributed by atoms with Crippen LogP contribution in [0, 0.1) is 5.92 Å². The molecule has 100 valence electrons. The van der Waals surface area contributed by atoms with Crippen LogP contribution in [0.3, 0.4) is 0 Å². The molecule has 0 N–H and O–H groups in total. The fourth-order valence-corrected chi connectivity index (χ4v) is 3.09. The highest BCUT2D eigenvalue weighted by Crippen LogP contribution is 2.29. The molecule has 0 aliphatic rings. The van der Waals surface area contributed by atoms with E-state index in [1.807, 2.05) is 24.3 Å². The number of benzene rings is 1. The summed E-state index contributed by atoms with van der Waals surface area (Å²) < 4.78 is 6.10. The molecule has 0 amide bonds. The molecule has 2 atom stereocenters. The van der Waals surface area contributed by atoms with E-state index in [0.29, 0.717) is 5.92 Å². The van der Waals surface area contributed by atoms with Crippen LogP contribution in [0.2, 0.25) is 19.6 Å². The van der Waals surface area contributed by atoms with Gasteiger partial charge in [-0.05, 0) is 31.1 Å². The second-order valence-electron chi connectivity index (χ2n) is 5.70. The quantitative estimate of drug-likeness (QED) is 0.432. The summed E-state index contributed by atoms with van der Waals surface area (Å²) >= 11 is 0. The molecule has 0 aromatic heterocycles. The van der Waals surface area contributed by atoms with E-state index in [1.165, 1.54) is 5.56 Å². The van der Waals surface area contributed by atoms with Crippen molar-refractivity contribution in [2.45, 2.75) is 32.6 Å².